The number of hydrogen-bond acceptors (Lipinski definition) is 4. The average Bonchev–Trinajstić information content (AvgIpc) is 2.90. The summed E-state index contributed by atoms with van der Waals surface area (Å²) in [5.41, 5.74) is 1.64. The number of aromatic nitrogens is 4. The lowest BCUT2D eigenvalue weighted by molar-refractivity contribution is 0.0972. The largest absolute Gasteiger partial charge is 0.332 e. The van der Waals surface area contributed by atoms with E-state index in [0.717, 1.165) is 15.7 Å². The monoisotopic (exact) mass is 360 g/mol. The van der Waals surface area contributed by atoms with E-state index >= 15 is 0 Å². The van der Waals surface area contributed by atoms with Gasteiger partial charge < -0.3 is 4.57 Å². The van der Waals surface area contributed by atoms with E-state index in [4.69, 9.17) is 11.6 Å². The number of imidazole rings is 1. The fourth-order valence-electron chi connectivity index (χ4n) is 2.83. The smallest absolute Gasteiger partial charge is 0.301 e. The van der Waals surface area contributed by atoms with Crippen molar-refractivity contribution in [2.24, 2.45) is 14.1 Å². The Morgan fingerprint density at radius 2 is 1.84 bits per heavy atom. The number of Topliss-reactive ketones (excluding diaryl/α,β-unsaturated/α-hetero) is 1. The molecule has 0 bridgehead atoms. The molecule has 8 heteroatoms. The second-order valence-electron chi connectivity index (χ2n) is 6.09. The number of carbonyl (C=O) groups is 1. The predicted octanol–water partition coefficient (Wildman–Crippen LogP) is 1.59. The highest BCUT2D eigenvalue weighted by atomic mass is 35.5. The Morgan fingerprint density at radius 1 is 1.16 bits per heavy atom. The van der Waals surface area contributed by atoms with Crippen LogP contribution < -0.4 is 11.2 Å². The van der Waals surface area contributed by atoms with Gasteiger partial charge in [0, 0.05) is 19.7 Å². The van der Waals surface area contributed by atoms with Gasteiger partial charge in [-0.1, -0.05) is 17.7 Å². The van der Waals surface area contributed by atoms with Gasteiger partial charge in [-0.2, -0.15) is 4.98 Å². The molecule has 0 saturated carbocycles. The third-order valence-electron chi connectivity index (χ3n) is 4.30. The van der Waals surface area contributed by atoms with Crippen LogP contribution in [0.4, 0.5) is 0 Å². The molecular formula is C17H17ClN4O3. The normalized spacial score (nSPS) is 11.2. The lowest BCUT2D eigenvalue weighted by Crippen LogP contribution is -2.37. The van der Waals surface area contributed by atoms with Crippen molar-refractivity contribution >= 4 is 28.5 Å². The van der Waals surface area contributed by atoms with Crippen molar-refractivity contribution in [3.8, 4) is 0 Å². The third kappa shape index (κ3) is 2.70. The van der Waals surface area contributed by atoms with Gasteiger partial charge in [0.15, 0.2) is 16.9 Å². The molecule has 0 amide bonds. The number of halogens is 1. The molecule has 0 unspecified atom stereocenters. The van der Waals surface area contributed by atoms with Gasteiger partial charge >= 0.3 is 5.69 Å². The molecule has 1 aromatic carbocycles. The summed E-state index contributed by atoms with van der Waals surface area (Å²) < 4.78 is 3.56. The molecule has 0 aliphatic carbocycles. The van der Waals surface area contributed by atoms with Crippen LogP contribution in [0.15, 0.2) is 27.8 Å². The maximum atomic E-state index is 12.7. The minimum Gasteiger partial charge on any atom is -0.301 e. The molecule has 25 heavy (non-hydrogen) atoms. The molecule has 0 fully saturated rings. The van der Waals surface area contributed by atoms with Gasteiger partial charge in [-0.3, -0.25) is 18.7 Å². The summed E-state index contributed by atoms with van der Waals surface area (Å²) >= 11 is 6.15. The van der Waals surface area contributed by atoms with Crippen LogP contribution in [-0.2, 0) is 20.6 Å². The minimum absolute atomic E-state index is 0.00745. The van der Waals surface area contributed by atoms with Crippen molar-refractivity contribution in [2.45, 2.75) is 20.4 Å². The lowest BCUT2D eigenvalue weighted by Gasteiger charge is -2.09. The first kappa shape index (κ1) is 17.2. The minimum atomic E-state index is -0.536. The Kier molecular flexibility index (Phi) is 4.12. The average molecular weight is 361 g/mol. The molecule has 0 atom stereocenters. The van der Waals surface area contributed by atoms with E-state index in [2.05, 4.69) is 4.98 Å². The fourth-order valence-corrected chi connectivity index (χ4v) is 3.05. The van der Waals surface area contributed by atoms with Gasteiger partial charge in [0.2, 0.25) is 5.28 Å². The number of fused-ring (bicyclic) bond motifs is 1. The zero-order valence-electron chi connectivity index (χ0n) is 14.3. The molecule has 0 aliphatic rings. The van der Waals surface area contributed by atoms with E-state index in [1.807, 2.05) is 26.0 Å². The predicted molar refractivity (Wildman–Crippen MR) is 95.5 cm³/mol. The van der Waals surface area contributed by atoms with Crippen molar-refractivity contribution in [1.82, 2.24) is 18.7 Å². The van der Waals surface area contributed by atoms with Gasteiger partial charge in [-0.05, 0) is 37.1 Å². The van der Waals surface area contributed by atoms with Crippen LogP contribution in [0.5, 0.6) is 0 Å². The van der Waals surface area contributed by atoms with Crippen LogP contribution in [0.3, 0.4) is 0 Å². The summed E-state index contributed by atoms with van der Waals surface area (Å²) in [6.07, 6.45) is 0. The Hall–Kier alpha value is -2.67. The molecule has 0 aliphatic heterocycles. The molecule has 3 aromatic rings. The van der Waals surface area contributed by atoms with Gasteiger partial charge in [-0.25, -0.2) is 4.79 Å². The van der Waals surface area contributed by atoms with Gasteiger partial charge in [0.1, 0.15) is 0 Å². The van der Waals surface area contributed by atoms with Crippen LogP contribution in [0.25, 0.3) is 11.2 Å². The SMILES string of the molecule is Cc1ccc(C)c(C(=O)Cn2c(Cl)nc3c2c(=O)n(C)c(=O)n3C)c1. The van der Waals surface area contributed by atoms with Crippen LogP contribution in [-0.4, -0.2) is 24.5 Å². The number of aryl methyl sites for hydroxylation is 3. The first-order valence-electron chi connectivity index (χ1n) is 7.64. The highest BCUT2D eigenvalue weighted by Crippen LogP contribution is 2.18. The van der Waals surface area contributed by atoms with Gasteiger partial charge in [0.05, 0.1) is 6.54 Å². The fraction of sp³-hybridized carbons (Fsp3) is 0.294. The molecular weight excluding hydrogens is 344 g/mol. The van der Waals surface area contributed by atoms with Crippen LogP contribution >= 0.6 is 11.6 Å². The number of benzene rings is 1. The summed E-state index contributed by atoms with van der Waals surface area (Å²) in [6, 6.07) is 5.61. The van der Waals surface area contributed by atoms with E-state index in [1.165, 1.54) is 23.2 Å². The Labute approximate surface area is 148 Å². The quantitative estimate of drug-likeness (QED) is 0.525. The highest BCUT2D eigenvalue weighted by Gasteiger charge is 2.20. The molecule has 7 nitrogen and oxygen atoms in total. The van der Waals surface area contributed by atoms with E-state index in [0.29, 0.717) is 5.56 Å². The number of hydrogen-bond donors (Lipinski definition) is 0. The van der Waals surface area contributed by atoms with Crippen LogP contribution in [0.2, 0.25) is 5.28 Å². The summed E-state index contributed by atoms with van der Waals surface area (Å²) in [7, 11) is 2.88. The van der Waals surface area contributed by atoms with Crippen molar-refractivity contribution in [3.05, 3.63) is 61.0 Å². The van der Waals surface area contributed by atoms with Crippen molar-refractivity contribution in [1.29, 1.82) is 0 Å². The van der Waals surface area contributed by atoms with Crippen molar-refractivity contribution in [2.75, 3.05) is 0 Å². The zero-order valence-corrected chi connectivity index (χ0v) is 15.1. The summed E-state index contributed by atoms with van der Waals surface area (Å²) in [5.74, 6) is -0.182. The maximum Gasteiger partial charge on any atom is 0.332 e. The lowest BCUT2D eigenvalue weighted by atomic mass is 10.0. The van der Waals surface area contributed by atoms with Crippen molar-refractivity contribution in [3.63, 3.8) is 0 Å². The van der Waals surface area contributed by atoms with Crippen molar-refractivity contribution < 1.29 is 4.79 Å². The molecule has 0 spiro atoms. The Balaban J connectivity index is 2.19. The molecule has 0 saturated heterocycles. The van der Waals surface area contributed by atoms with E-state index in [1.54, 1.807) is 6.07 Å². The molecule has 3 rings (SSSR count). The maximum absolute atomic E-state index is 12.7. The molecule has 2 aromatic heterocycles. The third-order valence-corrected chi connectivity index (χ3v) is 4.59. The number of ketones is 1. The number of nitrogens with zero attached hydrogens (tertiary/aromatic N) is 4. The first-order valence-corrected chi connectivity index (χ1v) is 8.02. The Morgan fingerprint density at radius 3 is 2.52 bits per heavy atom. The molecule has 0 radical (unpaired) electrons. The zero-order chi connectivity index (χ0) is 18.5. The summed E-state index contributed by atoms with van der Waals surface area (Å²) in [6.45, 7) is 3.62. The molecule has 130 valence electrons. The second-order valence-corrected chi connectivity index (χ2v) is 6.42. The molecule has 0 N–H and O–H groups in total. The van der Waals surface area contributed by atoms with Crippen LogP contribution in [0.1, 0.15) is 21.5 Å². The highest BCUT2D eigenvalue weighted by molar-refractivity contribution is 6.29. The van der Waals surface area contributed by atoms with Gasteiger partial charge in [0.25, 0.3) is 5.56 Å². The number of carbonyl (C=O) groups excluding carboxylic acids is 1. The summed E-state index contributed by atoms with van der Waals surface area (Å²) in [4.78, 5) is 41.3. The summed E-state index contributed by atoms with van der Waals surface area (Å²) in [5, 5.41) is -0.00745. The first-order chi connectivity index (χ1) is 11.7. The second kappa shape index (κ2) is 6.00. The molecule has 2 heterocycles. The van der Waals surface area contributed by atoms with E-state index < -0.39 is 11.2 Å². The van der Waals surface area contributed by atoms with Gasteiger partial charge in [-0.15, -0.1) is 0 Å². The van der Waals surface area contributed by atoms with E-state index in [-0.39, 0.29) is 28.8 Å². The number of rotatable bonds is 3. The Bertz CT molecular complexity index is 1140. The van der Waals surface area contributed by atoms with E-state index in [9.17, 15) is 14.4 Å². The standard InChI is InChI=1S/C17H17ClN4O3/c1-9-5-6-10(2)11(7-9)12(23)8-22-13-14(19-16(22)18)20(3)17(25)21(4)15(13)24/h5-7H,8H2,1-4H3. The van der Waals surface area contributed by atoms with Crippen LogP contribution in [0, 0.1) is 13.8 Å². The topological polar surface area (TPSA) is 78.9 Å².